The lowest BCUT2D eigenvalue weighted by molar-refractivity contribution is 0.773. The summed E-state index contributed by atoms with van der Waals surface area (Å²) in [6, 6.07) is 10.0. The van der Waals surface area contributed by atoms with E-state index in [1.165, 1.54) is 0 Å². The van der Waals surface area contributed by atoms with Gasteiger partial charge in [0, 0.05) is 17.8 Å². The van der Waals surface area contributed by atoms with Crippen molar-refractivity contribution in [3.8, 4) is 0 Å². The third-order valence-electron chi connectivity index (χ3n) is 3.31. The number of aromatic nitrogens is 2. The van der Waals surface area contributed by atoms with Crippen LogP contribution in [0.2, 0.25) is 0 Å². The number of anilines is 1. The molecule has 4 heteroatoms. The average Bonchev–Trinajstić information content (AvgIpc) is 2.45. The molecule has 0 atom stereocenters. The lowest BCUT2D eigenvalue weighted by atomic mass is 10.1. The van der Waals surface area contributed by atoms with Crippen LogP contribution in [0.15, 0.2) is 35.1 Å². The number of unbranched alkanes of at least 4 members (excludes halogenated alkanes) is 1. The Morgan fingerprint density at radius 3 is 2.65 bits per heavy atom. The normalized spacial score (nSPS) is 10.5. The SMILES string of the molecule is CCCCc1c(C)nc(NCc2ccccc2)[nH]c1=O. The van der Waals surface area contributed by atoms with Crippen molar-refractivity contribution in [2.45, 2.75) is 39.7 Å². The fraction of sp³-hybridized carbons (Fsp3) is 0.375. The summed E-state index contributed by atoms with van der Waals surface area (Å²) in [5.41, 5.74) is 2.75. The van der Waals surface area contributed by atoms with Gasteiger partial charge < -0.3 is 5.32 Å². The Hall–Kier alpha value is -2.10. The predicted molar refractivity (Wildman–Crippen MR) is 82.0 cm³/mol. The molecular formula is C16H21N3O. The van der Waals surface area contributed by atoms with Crippen LogP contribution in [-0.2, 0) is 13.0 Å². The van der Waals surface area contributed by atoms with Gasteiger partial charge in [-0.25, -0.2) is 4.98 Å². The number of rotatable bonds is 6. The Bertz CT molecular complexity index is 605. The van der Waals surface area contributed by atoms with Crippen molar-refractivity contribution in [2.24, 2.45) is 0 Å². The molecule has 2 N–H and O–H groups in total. The molecule has 0 saturated carbocycles. The zero-order chi connectivity index (χ0) is 14.4. The van der Waals surface area contributed by atoms with Crippen molar-refractivity contribution in [2.75, 3.05) is 5.32 Å². The lowest BCUT2D eigenvalue weighted by Crippen LogP contribution is -2.19. The van der Waals surface area contributed by atoms with E-state index in [1.807, 2.05) is 37.3 Å². The fourth-order valence-corrected chi connectivity index (χ4v) is 2.12. The Kier molecular flexibility index (Phi) is 4.93. The number of aromatic amines is 1. The fourth-order valence-electron chi connectivity index (χ4n) is 2.12. The summed E-state index contributed by atoms with van der Waals surface area (Å²) in [6.07, 6.45) is 2.89. The summed E-state index contributed by atoms with van der Waals surface area (Å²) in [5, 5.41) is 3.16. The molecule has 0 saturated heterocycles. The highest BCUT2D eigenvalue weighted by molar-refractivity contribution is 5.31. The van der Waals surface area contributed by atoms with E-state index in [4.69, 9.17) is 0 Å². The summed E-state index contributed by atoms with van der Waals surface area (Å²) >= 11 is 0. The van der Waals surface area contributed by atoms with E-state index in [0.717, 1.165) is 36.1 Å². The van der Waals surface area contributed by atoms with E-state index in [1.54, 1.807) is 0 Å². The zero-order valence-electron chi connectivity index (χ0n) is 12.1. The van der Waals surface area contributed by atoms with E-state index in [2.05, 4.69) is 22.2 Å². The molecule has 0 bridgehead atoms. The Morgan fingerprint density at radius 2 is 2.00 bits per heavy atom. The second-order valence-electron chi connectivity index (χ2n) is 4.92. The lowest BCUT2D eigenvalue weighted by Gasteiger charge is -2.09. The van der Waals surface area contributed by atoms with Gasteiger partial charge in [-0.05, 0) is 25.3 Å². The average molecular weight is 271 g/mol. The van der Waals surface area contributed by atoms with Gasteiger partial charge in [-0.1, -0.05) is 43.7 Å². The predicted octanol–water partition coefficient (Wildman–Crippen LogP) is 3.03. The number of nitrogens with one attached hydrogen (secondary N) is 2. The molecular weight excluding hydrogens is 250 g/mol. The van der Waals surface area contributed by atoms with Gasteiger partial charge in [0.2, 0.25) is 5.95 Å². The Labute approximate surface area is 119 Å². The molecule has 0 radical (unpaired) electrons. The standard InChI is InChI=1S/C16H21N3O/c1-3-4-10-14-12(2)18-16(19-15(14)20)17-11-13-8-6-5-7-9-13/h5-9H,3-4,10-11H2,1-2H3,(H2,17,18,19,20). The van der Waals surface area contributed by atoms with Gasteiger partial charge in [0.05, 0.1) is 0 Å². The van der Waals surface area contributed by atoms with E-state index < -0.39 is 0 Å². The van der Waals surface area contributed by atoms with Gasteiger partial charge >= 0.3 is 0 Å². The molecule has 2 aromatic rings. The number of hydrogen-bond donors (Lipinski definition) is 2. The van der Waals surface area contributed by atoms with E-state index in [9.17, 15) is 4.79 Å². The first-order valence-electron chi connectivity index (χ1n) is 7.08. The molecule has 0 unspecified atom stereocenters. The molecule has 0 amide bonds. The first kappa shape index (κ1) is 14.3. The highest BCUT2D eigenvalue weighted by Crippen LogP contribution is 2.07. The molecule has 1 heterocycles. The molecule has 0 aliphatic rings. The summed E-state index contributed by atoms with van der Waals surface area (Å²) in [5.74, 6) is 0.539. The maximum absolute atomic E-state index is 12.0. The van der Waals surface area contributed by atoms with Crippen LogP contribution in [0.4, 0.5) is 5.95 Å². The third-order valence-corrected chi connectivity index (χ3v) is 3.31. The minimum Gasteiger partial charge on any atom is -0.352 e. The van der Waals surface area contributed by atoms with Crippen LogP contribution in [0.1, 0.15) is 36.6 Å². The van der Waals surface area contributed by atoms with Crippen LogP contribution in [0.5, 0.6) is 0 Å². The van der Waals surface area contributed by atoms with Gasteiger partial charge in [-0.2, -0.15) is 0 Å². The van der Waals surface area contributed by atoms with Crippen LogP contribution in [-0.4, -0.2) is 9.97 Å². The van der Waals surface area contributed by atoms with Crippen LogP contribution in [0.3, 0.4) is 0 Å². The van der Waals surface area contributed by atoms with Gasteiger partial charge in [0.1, 0.15) is 0 Å². The van der Waals surface area contributed by atoms with E-state index >= 15 is 0 Å². The van der Waals surface area contributed by atoms with Crippen LogP contribution >= 0.6 is 0 Å². The molecule has 0 spiro atoms. The van der Waals surface area contributed by atoms with Crippen LogP contribution in [0, 0.1) is 6.92 Å². The largest absolute Gasteiger partial charge is 0.352 e. The number of aryl methyl sites for hydroxylation is 1. The quantitative estimate of drug-likeness (QED) is 0.849. The molecule has 2 rings (SSSR count). The summed E-state index contributed by atoms with van der Waals surface area (Å²) in [4.78, 5) is 19.3. The van der Waals surface area contributed by atoms with E-state index in [-0.39, 0.29) is 5.56 Å². The third kappa shape index (κ3) is 3.70. The molecule has 106 valence electrons. The van der Waals surface area contributed by atoms with Crippen molar-refractivity contribution in [3.05, 3.63) is 57.5 Å². The van der Waals surface area contributed by atoms with Crippen molar-refractivity contribution in [3.63, 3.8) is 0 Å². The number of nitrogens with zero attached hydrogens (tertiary/aromatic N) is 1. The molecule has 0 fully saturated rings. The molecule has 20 heavy (non-hydrogen) atoms. The summed E-state index contributed by atoms with van der Waals surface area (Å²) in [7, 11) is 0. The van der Waals surface area contributed by atoms with Crippen LogP contribution in [0.25, 0.3) is 0 Å². The maximum atomic E-state index is 12.0. The van der Waals surface area contributed by atoms with Gasteiger partial charge in [0.15, 0.2) is 0 Å². The van der Waals surface area contributed by atoms with Gasteiger partial charge in [-0.15, -0.1) is 0 Å². The van der Waals surface area contributed by atoms with Crippen molar-refractivity contribution >= 4 is 5.95 Å². The first-order chi connectivity index (χ1) is 9.70. The smallest absolute Gasteiger partial charge is 0.255 e. The van der Waals surface area contributed by atoms with Gasteiger partial charge in [0.25, 0.3) is 5.56 Å². The highest BCUT2D eigenvalue weighted by atomic mass is 16.1. The van der Waals surface area contributed by atoms with Crippen molar-refractivity contribution in [1.82, 2.24) is 9.97 Å². The Balaban J connectivity index is 2.08. The first-order valence-corrected chi connectivity index (χ1v) is 7.08. The monoisotopic (exact) mass is 271 g/mol. The van der Waals surface area contributed by atoms with Crippen molar-refractivity contribution in [1.29, 1.82) is 0 Å². The second-order valence-corrected chi connectivity index (χ2v) is 4.92. The topological polar surface area (TPSA) is 57.8 Å². The number of benzene rings is 1. The number of H-pyrrole nitrogens is 1. The zero-order valence-corrected chi connectivity index (χ0v) is 12.1. The minimum atomic E-state index is -0.0264. The number of hydrogen-bond acceptors (Lipinski definition) is 3. The molecule has 1 aromatic carbocycles. The molecule has 4 nitrogen and oxygen atoms in total. The molecule has 0 aliphatic heterocycles. The maximum Gasteiger partial charge on any atom is 0.255 e. The summed E-state index contributed by atoms with van der Waals surface area (Å²) < 4.78 is 0. The van der Waals surface area contributed by atoms with Crippen LogP contribution < -0.4 is 10.9 Å². The summed E-state index contributed by atoms with van der Waals surface area (Å²) in [6.45, 7) is 4.66. The second kappa shape index (κ2) is 6.89. The molecule has 0 aliphatic carbocycles. The van der Waals surface area contributed by atoms with Gasteiger partial charge in [-0.3, -0.25) is 9.78 Å². The minimum absolute atomic E-state index is 0.0264. The highest BCUT2D eigenvalue weighted by Gasteiger charge is 2.07. The Morgan fingerprint density at radius 1 is 1.25 bits per heavy atom. The van der Waals surface area contributed by atoms with E-state index in [0.29, 0.717) is 12.5 Å². The van der Waals surface area contributed by atoms with Crippen molar-refractivity contribution < 1.29 is 0 Å². The molecule has 1 aromatic heterocycles.